The van der Waals surface area contributed by atoms with Crippen molar-refractivity contribution < 1.29 is 9.90 Å². The van der Waals surface area contributed by atoms with Gasteiger partial charge in [-0.15, -0.1) is 0 Å². The Morgan fingerprint density at radius 2 is 1.94 bits per heavy atom. The molecule has 17 heavy (non-hydrogen) atoms. The molecule has 0 aliphatic heterocycles. The Bertz CT molecular complexity index is 382. The van der Waals surface area contributed by atoms with E-state index in [-0.39, 0.29) is 18.4 Å². The lowest BCUT2D eigenvalue weighted by atomic mass is 10.1. The van der Waals surface area contributed by atoms with Gasteiger partial charge in [0.1, 0.15) is 0 Å². The summed E-state index contributed by atoms with van der Waals surface area (Å²) in [5.74, 6) is 0.900. The van der Waals surface area contributed by atoms with Crippen LogP contribution in [-0.4, -0.2) is 11.0 Å². The molecule has 92 valence electrons. The summed E-state index contributed by atoms with van der Waals surface area (Å²) in [6.07, 6.45) is 2.39. The molecule has 1 aliphatic rings. The highest BCUT2D eigenvalue weighted by molar-refractivity contribution is 5.78. The van der Waals surface area contributed by atoms with Crippen LogP contribution in [0.1, 0.15) is 30.9 Å². The molecule has 1 aromatic rings. The normalized spacial score (nSPS) is 16.6. The highest BCUT2D eigenvalue weighted by Gasteiger charge is 2.32. The summed E-state index contributed by atoms with van der Waals surface area (Å²) < 4.78 is 0. The molecule has 3 nitrogen and oxygen atoms in total. The summed E-state index contributed by atoms with van der Waals surface area (Å²) in [4.78, 5) is 11.8. The predicted molar refractivity (Wildman–Crippen MR) is 66.1 cm³/mol. The lowest BCUT2D eigenvalue weighted by molar-refractivity contribution is -0.125. The van der Waals surface area contributed by atoms with Crippen LogP contribution in [0.2, 0.25) is 0 Å². The van der Waals surface area contributed by atoms with Gasteiger partial charge in [0.15, 0.2) is 0 Å². The van der Waals surface area contributed by atoms with Gasteiger partial charge < -0.3 is 10.4 Å². The summed E-state index contributed by atoms with van der Waals surface area (Å²) >= 11 is 0. The SMILES string of the molecule is CC(C(=O)NCc1ccc(CO)cc1)C1CC1. The van der Waals surface area contributed by atoms with Crippen LogP contribution in [0.5, 0.6) is 0 Å². The molecule has 0 radical (unpaired) electrons. The minimum absolute atomic E-state index is 0.0609. The van der Waals surface area contributed by atoms with Gasteiger partial charge in [0, 0.05) is 12.5 Å². The van der Waals surface area contributed by atoms with Gasteiger partial charge in [-0.3, -0.25) is 4.79 Å². The quantitative estimate of drug-likeness (QED) is 0.815. The zero-order valence-electron chi connectivity index (χ0n) is 10.1. The number of carbonyl (C=O) groups is 1. The Morgan fingerprint density at radius 3 is 2.47 bits per heavy atom. The number of aliphatic hydroxyl groups is 1. The van der Waals surface area contributed by atoms with E-state index in [9.17, 15) is 4.79 Å². The van der Waals surface area contributed by atoms with E-state index in [1.165, 1.54) is 12.8 Å². The second-order valence-electron chi connectivity index (χ2n) is 4.82. The van der Waals surface area contributed by atoms with E-state index in [1.54, 1.807) is 0 Å². The molecule has 1 unspecified atom stereocenters. The van der Waals surface area contributed by atoms with E-state index < -0.39 is 0 Å². The molecule has 1 saturated carbocycles. The van der Waals surface area contributed by atoms with Gasteiger partial charge in [0.05, 0.1) is 6.61 Å². The van der Waals surface area contributed by atoms with Gasteiger partial charge in [-0.05, 0) is 29.9 Å². The fourth-order valence-corrected chi connectivity index (χ4v) is 1.92. The van der Waals surface area contributed by atoms with Crippen molar-refractivity contribution in [1.29, 1.82) is 0 Å². The molecular weight excluding hydrogens is 214 g/mol. The maximum Gasteiger partial charge on any atom is 0.223 e. The molecule has 0 aromatic heterocycles. The average molecular weight is 233 g/mol. The highest BCUT2D eigenvalue weighted by atomic mass is 16.3. The third-order valence-electron chi connectivity index (χ3n) is 3.41. The van der Waals surface area contributed by atoms with Crippen LogP contribution >= 0.6 is 0 Å². The molecule has 0 spiro atoms. The first-order valence-electron chi connectivity index (χ1n) is 6.17. The topological polar surface area (TPSA) is 49.3 Å². The van der Waals surface area contributed by atoms with Gasteiger partial charge >= 0.3 is 0 Å². The fourth-order valence-electron chi connectivity index (χ4n) is 1.92. The molecule has 1 aromatic carbocycles. The molecule has 0 heterocycles. The Morgan fingerprint density at radius 1 is 1.35 bits per heavy atom. The minimum atomic E-state index is 0.0609. The second kappa shape index (κ2) is 5.32. The Hall–Kier alpha value is -1.35. The first-order chi connectivity index (χ1) is 8.20. The number of carbonyl (C=O) groups excluding carboxylic acids is 1. The number of amides is 1. The van der Waals surface area contributed by atoms with Crippen LogP contribution in [0.3, 0.4) is 0 Å². The number of nitrogens with one attached hydrogen (secondary N) is 1. The van der Waals surface area contributed by atoms with E-state index >= 15 is 0 Å². The van der Waals surface area contributed by atoms with Crippen LogP contribution in [0, 0.1) is 11.8 Å². The van der Waals surface area contributed by atoms with E-state index in [0.29, 0.717) is 12.5 Å². The smallest absolute Gasteiger partial charge is 0.223 e. The zero-order valence-corrected chi connectivity index (χ0v) is 10.1. The standard InChI is InChI=1S/C14H19NO2/c1-10(13-6-7-13)14(17)15-8-11-2-4-12(9-16)5-3-11/h2-5,10,13,16H,6-9H2,1H3,(H,15,17). The second-order valence-corrected chi connectivity index (χ2v) is 4.82. The predicted octanol–water partition coefficient (Wildman–Crippen LogP) is 1.84. The monoisotopic (exact) mass is 233 g/mol. The highest BCUT2D eigenvalue weighted by Crippen LogP contribution is 2.36. The molecule has 1 aliphatic carbocycles. The van der Waals surface area contributed by atoms with Crippen LogP contribution in [-0.2, 0) is 17.9 Å². The molecule has 3 heteroatoms. The fraction of sp³-hybridized carbons (Fsp3) is 0.500. The third kappa shape index (κ3) is 3.30. The van der Waals surface area contributed by atoms with Crippen LogP contribution in [0.4, 0.5) is 0 Å². The van der Waals surface area contributed by atoms with E-state index in [4.69, 9.17) is 5.11 Å². The number of hydrogen-bond donors (Lipinski definition) is 2. The van der Waals surface area contributed by atoms with Gasteiger partial charge in [-0.2, -0.15) is 0 Å². The van der Waals surface area contributed by atoms with Crippen molar-refractivity contribution in [1.82, 2.24) is 5.32 Å². The van der Waals surface area contributed by atoms with Crippen molar-refractivity contribution >= 4 is 5.91 Å². The molecule has 2 N–H and O–H groups in total. The van der Waals surface area contributed by atoms with Crippen LogP contribution in [0.25, 0.3) is 0 Å². The summed E-state index contributed by atoms with van der Waals surface area (Å²) in [5.41, 5.74) is 1.96. The van der Waals surface area contributed by atoms with Gasteiger partial charge in [0.2, 0.25) is 5.91 Å². The summed E-state index contributed by atoms with van der Waals surface area (Å²) in [6.45, 7) is 2.63. The number of aliphatic hydroxyl groups excluding tert-OH is 1. The van der Waals surface area contributed by atoms with Crippen LogP contribution in [0.15, 0.2) is 24.3 Å². The maximum atomic E-state index is 11.8. The van der Waals surface area contributed by atoms with Crippen molar-refractivity contribution in [3.8, 4) is 0 Å². The van der Waals surface area contributed by atoms with Crippen molar-refractivity contribution in [2.45, 2.75) is 32.9 Å². The van der Waals surface area contributed by atoms with Crippen molar-refractivity contribution in [2.75, 3.05) is 0 Å². The maximum absolute atomic E-state index is 11.8. The van der Waals surface area contributed by atoms with Gasteiger partial charge in [-0.1, -0.05) is 31.2 Å². The lowest BCUT2D eigenvalue weighted by Crippen LogP contribution is -2.29. The van der Waals surface area contributed by atoms with Gasteiger partial charge in [0.25, 0.3) is 0 Å². The zero-order chi connectivity index (χ0) is 12.3. The molecule has 0 bridgehead atoms. The van der Waals surface area contributed by atoms with E-state index in [2.05, 4.69) is 5.32 Å². The van der Waals surface area contributed by atoms with Gasteiger partial charge in [-0.25, -0.2) is 0 Å². The first kappa shape index (κ1) is 12.1. The first-order valence-corrected chi connectivity index (χ1v) is 6.17. The summed E-state index contributed by atoms with van der Waals surface area (Å²) in [6, 6.07) is 7.64. The molecule has 1 fully saturated rings. The molecule has 0 saturated heterocycles. The van der Waals surface area contributed by atoms with Crippen molar-refractivity contribution in [3.05, 3.63) is 35.4 Å². The molecule has 1 atom stereocenters. The number of benzene rings is 1. The largest absolute Gasteiger partial charge is 0.392 e. The molecule has 2 rings (SSSR count). The molecule has 1 amide bonds. The van der Waals surface area contributed by atoms with Crippen molar-refractivity contribution in [3.63, 3.8) is 0 Å². The lowest BCUT2D eigenvalue weighted by Gasteiger charge is -2.11. The van der Waals surface area contributed by atoms with Crippen molar-refractivity contribution in [2.24, 2.45) is 11.8 Å². The Labute approximate surface area is 102 Å². The Kier molecular flexibility index (Phi) is 3.79. The van der Waals surface area contributed by atoms with Crippen LogP contribution < -0.4 is 5.32 Å². The summed E-state index contributed by atoms with van der Waals surface area (Å²) in [5, 5.41) is 11.9. The molecular formula is C14H19NO2. The average Bonchev–Trinajstić information content (AvgIpc) is 3.20. The van der Waals surface area contributed by atoms with E-state index in [0.717, 1.165) is 11.1 Å². The number of hydrogen-bond acceptors (Lipinski definition) is 2. The summed E-state index contributed by atoms with van der Waals surface area (Å²) in [7, 11) is 0. The third-order valence-corrected chi connectivity index (χ3v) is 3.41. The Balaban J connectivity index is 1.82. The van der Waals surface area contributed by atoms with E-state index in [1.807, 2.05) is 31.2 Å². The number of rotatable bonds is 5. The minimum Gasteiger partial charge on any atom is -0.392 e.